The highest BCUT2D eigenvalue weighted by Crippen LogP contribution is 2.38. The van der Waals surface area contributed by atoms with E-state index in [1.165, 1.54) is 0 Å². The number of hydrogen-bond acceptors (Lipinski definition) is 3. The van der Waals surface area contributed by atoms with Crippen LogP contribution in [0.4, 0.5) is 0 Å². The minimum Gasteiger partial charge on any atom is -0.484 e. The smallest absolute Gasteiger partial charge is 0.246 e. The number of rotatable bonds is 2. The molecule has 4 nitrogen and oxygen atoms in total. The maximum Gasteiger partial charge on any atom is 0.246 e. The van der Waals surface area contributed by atoms with Gasteiger partial charge < -0.3 is 9.64 Å². The topological polar surface area (TPSA) is 46.6 Å². The van der Waals surface area contributed by atoms with Crippen LogP contribution in [0.25, 0.3) is 6.08 Å². The first-order chi connectivity index (χ1) is 12.5. The molecule has 1 fully saturated rings. The Labute approximate surface area is 157 Å². The molecule has 1 unspecified atom stereocenters. The SMILES string of the molecule is O=C1CC2(CCN(C(=O)/C=C/c3ccc(Cl)cc3)C2)Oc2ccccc21. The van der Waals surface area contributed by atoms with Gasteiger partial charge in [0.1, 0.15) is 11.4 Å². The average Bonchev–Trinajstić information content (AvgIpc) is 3.04. The van der Waals surface area contributed by atoms with Gasteiger partial charge >= 0.3 is 0 Å². The minimum absolute atomic E-state index is 0.0771. The highest BCUT2D eigenvalue weighted by molar-refractivity contribution is 6.30. The summed E-state index contributed by atoms with van der Waals surface area (Å²) in [5.41, 5.74) is 0.940. The number of nitrogens with zero attached hydrogens (tertiary/aromatic N) is 1. The van der Waals surface area contributed by atoms with Crippen molar-refractivity contribution in [3.8, 4) is 5.75 Å². The summed E-state index contributed by atoms with van der Waals surface area (Å²) in [6, 6.07) is 14.6. The molecule has 132 valence electrons. The third-order valence-electron chi connectivity index (χ3n) is 4.91. The Morgan fingerprint density at radius 2 is 1.92 bits per heavy atom. The van der Waals surface area contributed by atoms with Crippen LogP contribution in [0.2, 0.25) is 5.02 Å². The molecule has 1 amide bonds. The summed E-state index contributed by atoms with van der Waals surface area (Å²) in [6.45, 7) is 1.01. The fourth-order valence-corrected chi connectivity index (χ4v) is 3.68. The van der Waals surface area contributed by atoms with Gasteiger partial charge in [-0.05, 0) is 35.9 Å². The molecule has 5 heteroatoms. The van der Waals surface area contributed by atoms with Crippen molar-refractivity contribution in [2.45, 2.75) is 18.4 Å². The Balaban J connectivity index is 1.46. The van der Waals surface area contributed by atoms with E-state index in [9.17, 15) is 9.59 Å². The zero-order chi connectivity index (χ0) is 18.1. The molecule has 0 N–H and O–H groups in total. The van der Waals surface area contributed by atoms with Crippen LogP contribution in [-0.2, 0) is 4.79 Å². The van der Waals surface area contributed by atoms with Crippen LogP contribution in [-0.4, -0.2) is 35.3 Å². The third kappa shape index (κ3) is 3.25. The molecule has 26 heavy (non-hydrogen) atoms. The predicted octanol–water partition coefficient (Wildman–Crippen LogP) is 3.99. The summed E-state index contributed by atoms with van der Waals surface area (Å²) in [4.78, 5) is 26.7. The molecular formula is C21H18ClNO3. The summed E-state index contributed by atoms with van der Waals surface area (Å²) < 4.78 is 6.15. The first-order valence-electron chi connectivity index (χ1n) is 8.59. The van der Waals surface area contributed by atoms with Gasteiger partial charge in [-0.25, -0.2) is 0 Å². The van der Waals surface area contributed by atoms with Crippen molar-refractivity contribution in [1.29, 1.82) is 0 Å². The van der Waals surface area contributed by atoms with Gasteiger partial charge in [-0.2, -0.15) is 0 Å². The van der Waals surface area contributed by atoms with Crippen LogP contribution in [0.3, 0.4) is 0 Å². The van der Waals surface area contributed by atoms with E-state index in [0.717, 1.165) is 5.56 Å². The standard InChI is InChI=1S/C21H18ClNO3/c22-16-8-5-15(6-9-16)7-10-20(25)23-12-11-21(14-23)13-18(24)17-3-1-2-4-19(17)26-21/h1-10H,11-14H2/b10-7+. The van der Waals surface area contributed by atoms with Gasteiger partial charge in [-0.1, -0.05) is 35.9 Å². The average molecular weight is 368 g/mol. The molecule has 2 aliphatic heterocycles. The predicted molar refractivity (Wildman–Crippen MR) is 100 cm³/mol. The Kier molecular flexibility index (Phi) is 4.29. The highest BCUT2D eigenvalue weighted by atomic mass is 35.5. The number of halogens is 1. The van der Waals surface area contributed by atoms with Gasteiger partial charge in [0, 0.05) is 24.1 Å². The van der Waals surface area contributed by atoms with E-state index < -0.39 is 5.60 Å². The lowest BCUT2D eigenvalue weighted by Crippen LogP contribution is -2.45. The molecule has 2 aromatic carbocycles. The zero-order valence-corrected chi connectivity index (χ0v) is 14.9. The third-order valence-corrected chi connectivity index (χ3v) is 5.17. The van der Waals surface area contributed by atoms with Crippen LogP contribution < -0.4 is 4.74 Å². The van der Waals surface area contributed by atoms with Crippen molar-refractivity contribution >= 4 is 29.4 Å². The fourth-order valence-electron chi connectivity index (χ4n) is 3.55. The van der Waals surface area contributed by atoms with Gasteiger partial charge in [0.15, 0.2) is 5.78 Å². The van der Waals surface area contributed by atoms with E-state index >= 15 is 0 Å². The van der Waals surface area contributed by atoms with E-state index in [1.54, 1.807) is 35.3 Å². The number of hydrogen-bond donors (Lipinski definition) is 0. The minimum atomic E-state index is -0.602. The summed E-state index contributed by atoms with van der Waals surface area (Å²) in [6.07, 6.45) is 4.30. The molecular weight excluding hydrogens is 350 g/mol. The zero-order valence-electron chi connectivity index (χ0n) is 14.2. The molecule has 2 aliphatic rings. The molecule has 4 rings (SSSR count). The number of likely N-dealkylation sites (tertiary alicyclic amines) is 1. The van der Waals surface area contributed by atoms with E-state index in [-0.39, 0.29) is 11.7 Å². The molecule has 0 aliphatic carbocycles. The first kappa shape index (κ1) is 16.9. The van der Waals surface area contributed by atoms with Crippen LogP contribution in [0.5, 0.6) is 5.75 Å². The molecule has 1 saturated heterocycles. The summed E-state index contributed by atoms with van der Waals surface area (Å²) in [5.74, 6) is 0.624. The molecule has 0 bridgehead atoms. The molecule has 0 radical (unpaired) electrons. The van der Waals surface area contributed by atoms with Crippen LogP contribution in [0.1, 0.15) is 28.8 Å². The Morgan fingerprint density at radius 3 is 2.73 bits per heavy atom. The Bertz CT molecular complexity index is 890. The van der Waals surface area contributed by atoms with E-state index in [4.69, 9.17) is 16.3 Å². The largest absolute Gasteiger partial charge is 0.484 e. The van der Waals surface area contributed by atoms with Crippen molar-refractivity contribution < 1.29 is 14.3 Å². The summed E-state index contributed by atoms with van der Waals surface area (Å²) >= 11 is 5.87. The van der Waals surface area contributed by atoms with Crippen molar-refractivity contribution in [2.24, 2.45) is 0 Å². The van der Waals surface area contributed by atoms with Gasteiger partial charge in [0.25, 0.3) is 0 Å². The molecule has 2 aromatic rings. The second kappa shape index (κ2) is 6.61. The van der Waals surface area contributed by atoms with Gasteiger partial charge in [-0.15, -0.1) is 0 Å². The molecule has 2 heterocycles. The molecule has 0 saturated carbocycles. The summed E-state index contributed by atoms with van der Waals surface area (Å²) in [7, 11) is 0. The van der Waals surface area contributed by atoms with Crippen LogP contribution in [0, 0.1) is 0 Å². The van der Waals surface area contributed by atoms with Gasteiger partial charge in [0.2, 0.25) is 5.91 Å². The van der Waals surface area contributed by atoms with Crippen LogP contribution >= 0.6 is 11.6 Å². The number of Topliss-reactive ketones (excluding diaryl/α,β-unsaturated/α-hetero) is 1. The first-order valence-corrected chi connectivity index (χ1v) is 8.96. The van der Waals surface area contributed by atoms with Crippen molar-refractivity contribution in [3.05, 3.63) is 70.8 Å². The highest BCUT2D eigenvalue weighted by Gasteiger charge is 2.46. The number of benzene rings is 2. The number of amides is 1. The second-order valence-corrected chi connectivity index (χ2v) is 7.21. The van der Waals surface area contributed by atoms with Crippen molar-refractivity contribution in [1.82, 2.24) is 4.90 Å². The maximum atomic E-state index is 12.5. The maximum absolute atomic E-state index is 12.5. The second-order valence-electron chi connectivity index (χ2n) is 6.78. The van der Waals surface area contributed by atoms with Crippen molar-refractivity contribution in [3.63, 3.8) is 0 Å². The number of fused-ring (bicyclic) bond motifs is 1. The number of para-hydroxylation sites is 1. The lowest BCUT2D eigenvalue weighted by Gasteiger charge is -2.34. The fraction of sp³-hybridized carbons (Fsp3) is 0.238. The lowest BCUT2D eigenvalue weighted by molar-refractivity contribution is -0.125. The number of carbonyl (C=O) groups excluding carboxylic acids is 2. The van der Waals surface area contributed by atoms with E-state index in [0.29, 0.717) is 42.3 Å². The Morgan fingerprint density at radius 1 is 1.15 bits per heavy atom. The number of ketones is 1. The molecule has 1 atom stereocenters. The normalized spacial score (nSPS) is 21.9. The number of ether oxygens (including phenoxy) is 1. The number of carbonyl (C=O) groups is 2. The van der Waals surface area contributed by atoms with Gasteiger partial charge in [0.05, 0.1) is 18.5 Å². The monoisotopic (exact) mass is 367 g/mol. The lowest BCUT2D eigenvalue weighted by atomic mass is 9.89. The summed E-state index contributed by atoms with van der Waals surface area (Å²) in [5, 5.41) is 0.661. The Hall–Kier alpha value is -2.59. The molecule has 0 aromatic heterocycles. The van der Waals surface area contributed by atoms with E-state index in [1.807, 2.05) is 30.3 Å². The van der Waals surface area contributed by atoms with Gasteiger partial charge in [-0.3, -0.25) is 9.59 Å². The van der Waals surface area contributed by atoms with Crippen LogP contribution in [0.15, 0.2) is 54.6 Å². The molecule has 1 spiro atoms. The van der Waals surface area contributed by atoms with E-state index in [2.05, 4.69) is 0 Å². The van der Waals surface area contributed by atoms with Crippen molar-refractivity contribution in [2.75, 3.05) is 13.1 Å². The quantitative estimate of drug-likeness (QED) is 0.754.